The molecule has 0 aromatic heterocycles. The number of fused-ring (bicyclic) bond motifs is 2. The molecule has 1 atom stereocenters. The molecule has 0 radical (unpaired) electrons. The molecule has 6 nitrogen and oxygen atoms in total. The zero-order valence-electron chi connectivity index (χ0n) is 15.7. The molecule has 26 heavy (non-hydrogen) atoms. The molecule has 0 N–H and O–H groups in total. The molecule has 140 valence electrons. The van der Waals surface area contributed by atoms with Crippen LogP contribution in [0.3, 0.4) is 0 Å². The van der Waals surface area contributed by atoms with Gasteiger partial charge in [-0.25, -0.2) is 4.79 Å². The number of nitrogens with zero attached hydrogens (tertiary/aromatic N) is 1. The van der Waals surface area contributed by atoms with Crippen molar-refractivity contribution in [3.63, 3.8) is 0 Å². The zero-order valence-corrected chi connectivity index (χ0v) is 15.7. The standard InChI is InChI=1S/C20H25NO5/c1-19(2,3)26-18(24)21-11-20(12-21)10-13(9-16(22)25-4)17(23)14-7-5-6-8-15(14)20/h5-8,13H,9-12H2,1-4H3. The first-order chi connectivity index (χ1) is 12.1. The van der Waals surface area contributed by atoms with Gasteiger partial charge in [0.25, 0.3) is 0 Å². The highest BCUT2D eigenvalue weighted by molar-refractivity contribution is 6.02. The summed E-state index contributed by atoms with van der Waals surface area (Å²) in [4.78, 5) is 38.5. The van der Waals surface area contributed by atoms with Crippen LogP contribution >= 0.6 is 0 Å². The van der Waals surface area contributed by atoms with E-state index in [0.29, 0.717) is 25.1 Å². The highest BCUT2D eigenvalue weighted by Gasteiger charge is 2.53. The van der Waals surface area contributed by atoms with E-state index in [9.17, 15) is 14.4 Å². The first-order valence-corrected chi connectivity index (χ1v) is 8.84. The number of hydrogen-bond acceptors (Lipinski definition) is 5. The Bertz CT molecular complexity index is 743. The fourth-order valence-electron chi connectivity index (χ4n) is 3.94. The summed E-state index contributed by atoms with van der Waals surface area (Å²) >= 11 is 0. The summed E-state index contributed by atoms with van der Waals surface area (Å²) in [6.45, 7) is 6.48. The summed E-state index contributed by atoms with van der Waals surface area (Å²) < 4.78 is 10.2. The molecule has 1 aliphatic carbocycles. The van der Waals surface area contributed by atoms with Crippen LogP contribution in [0.1, 0.15) is 49.5 Å². The smallest absolute Gasteiger partial charge is 0.410 e. The minimum absolute atomic E-state index is 0.0210. The van der Waals surface area contributed by atoms with Gasteiger partial charge < -0.3 is 14.4 Å². The number of benzene rings is 1. The van der Waals surface area contributed by atoms with Gasteiger partial charge in [0, 0.05) is 30.0 Å². The number of Topliss-reactive ketones (excluding diaryl/α,β-unsaturated/α-hetero) is 1. The van der Waals surface area contributed by atoms with Gasteiger partial charge in [0.2, 0.25) is 0 Å². The van der Waals surface area contributed by atoms with Crippen LogP contribution in [0.25, 0.3) is 0 Å². The van der Waals surface area contributed by atoms with E-state index in [1.54, 1.807) is 11.0 Å². The van der Waals surface area contributed by atoms with Crippen LogP contribution in [0.15, 0.2) is 24.3 Å². The Morgan fingerprint density at radius 3 is 2.50 bits per heavy atom. The fourth-order valence-corrected chi connectivity index (χ4v) is 3.94. The zero-order chi connectivity index (χ0) is 19.1. The molecule has 1 heterocycles. The lowest BCUT2D eigenvalue weighted by atomic mass is 9.61. The molecule has 0 bridgehead atoms. The first-order valence-electron chi connectivity index (χ1n) is 8.84. The SMILES string of the molecule is COC(=O)CC1CC2(CN(C(=O)OC(C)(C)C)C2)c2ccccc2C1=O. The van der Waals surface area contributed by atoms with E-state index in [0.717, 1.165) is 5.56 Å². The third kappa shape index (κ3) is 3.32. The van der Waals surface area contributed by atoms with Crippen LogP contribution in [0.4, 0.5) is 4.79 Å². The molecule has 1 aromatic rings. The summed E-state index contributed by atoms with van der Waals surface area (Å²) in [6.07, 6.45) is 0.261. The maximum atomic E-state index is 12.8. The van der Waals surface area contributed by atoms with Gasteiger partial charge in [0.1, 0.15) is 5.60 Å². The van der Waals surface area contributed by atoms with Gasteiger partial charge in [-0.15, -0.1) is 0 Å². The van der Waals surface area contributed by atoms with Gasteiger partial charge in [-0.3, -0.25) is 9.59 Å². The third-order valence-corrected chi connectivity index (χ3v) is 5.05. The Kier molecular flexibility index (Phi) is 4.54. The van der Waals surface area contributed by atoms with Crippen molar-refractivity contribution in [2.75, 3.05) is 20.2 Å². The van der Waals surface area contributed by atoms with E-state index in [4.69, 9.17) is 9.47 Å². The second kappa shape index (κ2) is 6.41. The van der Waals surface area contributed by atoms with Gasteiger partial charge in [-0.1, -0.05) is 24.3 Å². The number of methoxy groups -OCH3 is 1. The molecule has 1 amide bonds. The van der Waals surface area contributed by atoms with Gasteiger partial charge in [0.15, 0.2) is 5.78 Å². The highest BCUT2D eigenvalue weighted by atomic mass is 16.6. The van der Waals surface area contributed by atoms with Crippen molar-refractivity contribution in [1.29, 1.82) is 0 Å². The molecule has 1 spiro atoms. The molecular formula is C20H25NO5. The van der Waals surface area contributed by atoms with Gasteiger partial charge >= 0.3 is 12.1 Å². The number of carbonyl (C=O) groups excluding carboxylic acids is 3. The maximum absolute atomic E-state index is 12.8. The number of carbonyl (C=O) groups is 3. The van der Waals surface area contributed by atoms with Gasteiger partial charge in [0.05, 0.1) is 13.5 Å². The molecular weight excluding hydrogens is 334 g/mol. The van der Waals surface area contributed by atoms with Gasteiger partial charge in [-0.05, 0) is 32.8 Å². The highest BCUT2D eigenvalue weighted by Crippen LogP contribution is 2.47. The van der Waals surface area contributed by atoms with E-state index < -0.39 is 11.5 Å². The van der Waals surface area contributed by atoms with Crippen LogP contribution in [0.2, 0.25) is 0 Å². The van der Waals surface area contributed by atoms with Crippen LogP contribution in [-0.2, 0) is 19.7 Å². The summed E-state index contributed by atoms with van der Waals surface area (Å²) in [7, 11) is 1.33. The van der Waals surface area contributed by atoms with Crippen molar-refractivity contribution in [3.8, 4) is 0 Å². The number of likely N-dealkylation sites (tertiary alicyclic amines) is 1. The predicted octanol–water partition coefficient (Wildman–Crippen LogP) is 2.94. The van der Waals surface area contributed by atoms with Crippen molar-refractivity contribution < 1.29 is 23.9 Å². The van der Waals surface area contributed by atoms with E-state index >= 15 is 0 Å². The van der Waals surface area contributed by atoms with E-state index in [1.165, 1.54) is 7.11 Å². The van der Waals surface area contributed by atoms with E-state index in [-0.39, 0.29) is 29.7 Å². The summed E-state index contributed by atoms with van der Waals surface area (Å²) in [5.74, 6) is -0.827. The Hall–Kier alpha value is -2.37. The lowest BCUT2D eigenvalue weighted by molar-refractivity contribution is -0.141. The van der Waals surface area contributed by atoms with Crippen molar-refractivity contribution in [1.82, 2.24) is 4.90 Å². The number of amides is 1. The summed E-state index contributed by atoms with van der Waals surface area (Å²) in [5.41, 5.74) is 0.760. The van der Waals surface area contributed by atoms with E-state index in [1.807, 2.05) is 39.0 Å². The molecule has 1 fully saturated rings. The largest absolute Gasteiger partial charge is 0.469 e. The second-order valence-electron chi connectivity index (χ2n) is 8.21. The lowest BCUT2D eigenvalue weighted by Gasteiger charge is -2.53. The molecule has 1 aromatic carbocycles. The fraction of sp³-hybridized carbons (Fsp3) is 0.550. The minimum atomic E-state index is -0.548. The molecule has 6 heteroatoms. The Labute approximate surface area is 153 Å². The predicted molar refractivity (Wildman–Crippen MR) is 95.0 cm³/mol. The topological polar surface area (TPSA) is 72.9 Å². The quantitative estimate of drug-likeness (QED) is 0.759. The summed E-state index contributed by atoms with van der Waals surface area (Å²) in [5, 5.41) is 0. The molecule has 2 aliphatic rings. The summed E-state index contributed by atoms with van der Waals surface area (Å²) in [6, 6.07) is 7.49. The maximum Gasteiger partial charge on any atom is 0.410 e. The van der Waals surface area contributed by atoms with Crippen molar-refractivity contribution >= 4 is 17.8 Å². The van der Waals surface area contributed by atoms with Crippen LogP contribution in [0.5, 0.6) is 0 Å². The van der Waals surface area contributed by atoms with Crippen molar-refractivity contribution in [2.24, 2.45) is 5.92 Å². The minimum Gasteiger partial charge on any atom is -0.469 e. The third-order valence-electron chi connectivity index (χ3n) is 5.05. The average molecular weight is 359 g/mol. The monoisotopic (exact) mass is 359 g/mol. The second-order valence-corrected chi connectivity index (χ2v) is 8.21. The molecule has 1 aliphatic heterocycles. The normalized spacial score (nSPS) is 21.0. The lowest BCUT2D eigenvalue weighted by Crippen LogP contribution is -2.64. The molecule has 0 saturated carbocycles. The Morgan fingerprint density at radius 2 is 1.88 bits per heavy atom. The van der Waals surface area contributed by atoms with E-state index in [2.05, 4.69) is 0 Å². The van der Waals surface area contributed by atoms with Crippen LogP contribution in [0, 0.1) is 5.92 Å². The molecule has 3 rings (SSSR count). The Morgan fingerprint density at radius 1 is 1.23 bits per heavy atom. The Balaban J connectivity index is 1.83. The van der Waals surface area contributed by atoms with Gasteiger partial charge in [-0.2, -0.15) is 0 Å². The number of esters is 1. The average Bonchev–Trinajstić information content (AvgIpc) is 2.53. The number of rotatable bonds is 2. The van der Waals surface area contributed by atoms with Crippen LogP contribution in [-0.4, -0.2) is 48.5 Å². The number of ketones is 1. The van der Waals surface area contributed by atoms with Crippen molar-refractivity contribution in [2.45, 2.75) is 44.6 Å². The molecule has 1 saturated heterocycles. The molecule has 1 unspecified atom stereocenters. The number of ether oxygens (including phenoxy) is 2. The van der Waals surface area contributed by atoms with Crippen LogP contribution < -0.4 is 0 Å². The number of hydrogen-bond donors (Lipinski definition) is 0. The first kappa shape index (κ1) is 18.4. The van der Waals surface area contributed by atoms with Crippen molar-refractivity contribution in [3.05, 3.63) is 35.4 Å².